The molecule has 4 aromatic carbocycles. The topological polar surface area (TPSA) is 347 Å². The SMILES string of the molecule is CCC(CC)(NC(=O)c1nn(-c2ccc(Cl)cc2Cl)c(-c2ccc(Cl)cc2)c1C)C(=O)NCCOCCOCCNC(=O)CCCCCC1(C)/C(=C/C=C/C=C/C2=[N+](CCCS(=O)(=O)O)c3ccc(S(=O)(=O)O)cc3C2(C)C)N(CCCS(=O)(=O)O)c2ccc(S(=O)(=O)O)cc21. The van der Waals surface area contributed by atoms with Crippen molar-refractivity contribution in [1.29, 1.82) is 0 Å². The largest absolute Gasteiger partial charge is 0.377 e. The molecule has 0 aliphatic carbocycles. The fourth-order valence-corrected chi connectivity index (χ4v) is 14.6. The van der Waals surface area contributed by atoms with E-state index in [0.717, 1.165) is 5.56 Å². The van der Waals surface area contributed by atoms with Crippen molar-refractivity contribution in [1.82, 2.24) is 25.7 Å². The number of halogens is 3. The van der Waals surface area contributed by atoms with E-state index in [1.807, 2.05) is 37.8 Å². The minimum atomic E-state index is -4.68. The van der Waals surface area contributed by atoms with Crippen LogP contribution < -0.4 is 20.9 Å². The highest BCUT2D eigenvalue weighted by Gasteiger charge is 2.46. The molecule has 0 fully saturated rings. The Bertz CT molecular complexity index is 4310. The van der Waals surface area contributed by atoms with Gasteiger partial charge in [0, 0.05) is 88.2 Å². The maximum atomic E-state index is 14.1. The molecule has 3 amide bonds. The zero-order valence-corrected chi connectivity index (χ0v) is 59.5. The van der Waals surface area contributed by atoms with Crippen molar-refractivity contribution in [3.63, 3.8) is 0 Å². The number of nitrogens with zero attached hydrogens (tertiary/aromatic N) is 4. The second-order valence-electron chi connectivity index (χ2n) is 24.0. The van der Waals surface area contributed by atoms with Crippen LogP contribution in [0.2, 0.25) is 15.1 Å². The Hall–Kier alpha value is -6.38. The fourth-order valence-electron chi connectivity index (χ4n) is 12.0. The Morgan fingerprint density at radius 3 is 1.89 bits per heavy atom. The summed E-state index contributed by atoms with van der Waals surface area (Å²) in [7, 11) is -17.9. The third-order valence-corrected chi connectivity index (χ3v) is 21.2. The summed E-state index contributed by atoms with van der Waals surface area (Å²) in [5.41, 5.74) is 2.76. The van der Waals surface area contributed by atoms with Gasteiger partial charge < -0.3 is 30.3 Å². The van der Waals surface area contributed by atoms with Crippen molar-refractivity contribution in [2.45, 2.75) is 125 Å². The van der Waals surface area contributed by atoms with Crippen LogP contribution in [0, 0.1) is 6.92 Å². The van der Waals surface area contributed by atoms with Gasteiger partial charge in [0.25, 0.3) is 46.4 Å². The van der Waals surface area contributed by atoms with Gasteiger partial charge in [0.1, 0.15) is 12.1 Å². The molecule has 24 nitrogen and oxygen atoms in total. The normalized spacial score (nSPS) is 16.3. The van der Waals surface area contributed by atoms with Gasteiger partial charge >= 0.3 is 0 Å². The van der Waals surface area contributed by atoms with Gasteiger partial charge in [-0.2, -0.15) is 43.3 Å². The van der Waals surface area contributed by atoms with Gasteiger partial charge in [-0.1, -0.05) is 91.9 Å². The van der Waals surface area contributed by atoms with E-state index < -0.39 is 80.2 Å². The molecule has 96 heavy (non-hydrogen) atoms. The van der Waals surface area contributed by atoms with Gasteiger partial charge in [-0.25, -0.2) is 4.68 Å². The summed E-state index contributed by atoms with van der Waals surface area (Å²) in [6.45, 7) is 12.2. The van der Waals surface area contributed by atoms with Crippen LogP contribution in [0.25, 0.3) is 16.9 Å². The lowest BCUT2D eigenvalue weighted by atomic mass is 9.77. The summed E-state index contributed by atoms with van der Waals surface area (Å²) >= 11 is 19.0. The molecule has 0 saturated carbocycles. The number of hydrogen-bond donors (Lipinski definition) is 7. The molecule has 2 aliphatic rings. The van der Waals surface area contributed by atoms with Crippen molar-refractivity contribution in [3.8, 4) is 16.9 Å². The number of aromatic nitrogens is 2. The first-order valence-corrected chi connectivity index (χ1v) is 38.2. The lowest BCUT2D eigenvalue weighted by Crippen LogP contribution is -2.58. The average molecular weight is 1470 g/mol. The van der Waals surface area contributed by atoms with Gasteiger partial charge in [-0.3, -0.25) is 32.6 Å². The number of carbonyl (C=O) groups is 3. The lowest BCUT2D eigenvalue weighted by molar-refractivity contribution is -0.437. The first-order chi connectivity index (χ1) is 45.0. The maximum absolute atomic E-state index is 14.1. The molecule has 5 aromatic rings. The molecule has 31 heteroatoms. The standard InChI is InChI=1S/C65H80Cl3N7O17S4/c1-7-65(8-2,71-61(77)59-44(3)60(45-20-22-46(66)23-21-45)75(72-59)55-27-24-47(67)41-52(55)68)62(78)70-32-36-92-38-37-91-35-31-69-58(76)19-13-10-14-30-64(6)51-43-49(96(88,89)90)26-29-54(51)74(34-16-40-94(82,83)84)57(64)18-12-9-11-17-56-63(4,5)50-42-48(95(85,86)87)25-28-53(50)73(56)33-15-39-93(79,80)81/h9,11-12,17-18,20-29,41-43H,7-8,10,13-16,19,30-40H2,1-6H3,(H6-,69,70,71,76,77,78,79,80,81,82,83,84,85,86,87,88,89,90)/p+1. The van der Waals surface area contributed by atoms with Crippen molar-refractivity contribution in [2.75, 3.05) is 69.0 Å². The highest BCUT2D eigenvalue weighted by molar-refractivity contribution is 7.86. The zero-order valence-electron chi connectivity index (χ0n) is 54.0. The number of carbonyl (C=O) groups excluding carboxylic acids is 3. The number of anilines is 1. The van der Waals surface area contributed by atoms with Gasteiger partial charge in [-0.15, -0.1) is 0 Å². The number of fused-ring (bicyclic) bond motifs is 2. The van der Waals surface area contributed by atoms with E-state index in [2.05, 4.69) is 16.0 Å². The lowest BCUT2D eigenvalue weighted by Gasteiger charge is -2.31. The Balaban J connectivity index is 0.909. The summed E-state index contributed by atoms with van der Waals surface area (Å²) in [5.74, 6) is -2.27. The Morgan fingerprint density at radius 2 is 1.27 bits per heavy atom. The molecule has 7 rings (SSSR count). The van der Waals surface area contributed by atoms with Crippen molar-refractivity contribution >= 4 is 110 Å². The minimum Gasteiger partial charge on any atom is -0.377 e. The predicted octanol–water partition coefficient (Wildman–Crippen LogP) is 10.2. The highest BCUT2D eigenvalue weighted by atomic mass is 35.5. The Kier molecular flexibility index (Phi) is 26.1. The highest BCUT2D eigenvalue weighted by Crippen LogP contribution is 2.52. The Labute approximate surface area is 576 Å². The van der Waals surface area contributed by atoms with Crippen LogP contribution in [0.4, 0.5) is 11.4 Å². The molecule has 3 heterocycles. The second kappa shape index (κ2) is 32.5. The first-order valence-electron chi connectivity index (χ1n) is 31.0. The number of benzene rings is 4. The number of rotatable bonds is 35. The molecular formula is C65H81Cl3N7O17S4+. The van der Waals surface area contributed by atoms with E-state index in [4.69, 9.17) is 49.4 Å². The summed E-state index contributed by atoms with van der Waals surface area (Å²) < 4.78 is 150. The Morgan fingerprint density at radius 1 is 0.677 bits per heavy atom. The third kappa shape index (κ3) is 19.5. The second-order valence-corrected chi connectivity index (χ2v) is 31.3. The molecule has 1 unspecified atom stereocenters. The van der Waals surface area contributed by atoms with E-state index in [-0.39, 0.29) is 106 Å². The molecule has 1 aromatic heterocycles. The fraction of sp³-hybridized carbons (Fsp3) is 0.431. The molecule has 7 N–H and O–H groups in total. The number of nitrogens with one attached hydrogen (secondary N) is 3. The van der Waals surface area contributed by atoms with Crippen molar-refractivity contribution in [2.24, 2.45) is 0 Å². The van der Waals surface area contributed by atoms with Crippen molar-refractivity contribution in [3.05, 3.63) is 152 Å². The average Bonchev–Trinajstić information content (AvgIpc) is 1.60. The van der Waals surface area contributed by atoms with Gasteiger partial charge in [0.15, 0.2) is 11.4 Å². The molecule has 2 aliphatic heterocycles. The predicted molar refractivity (Wildman–Crippen MR) is 369 cm³/mol. The van der Waals surface area contributed by atoms with Gasteiger partial charge in [-0.05, 0) is 132 Å². The summed E-state index contributed by atoms with van der Waals surface area (Å²) in [6.07, 6.45) is 11.4. The van der Waals surface area contributed by atoms with E-state index in [1.165, 1.54) is 36.4 Å². The van der Waals surface area contributed by atoms with Crippen LogP contribution in [0.5, 0.6) is 0 Å². The smallest absolute Gasteiger partial charge is 0.294 e. The number of hydrogen-bond acceptors (Lipinski definition) is 15. The van der Waals surface area contributed by atoms with Crippen LogP contribution in [0.15, 0.2) is 125 Å². The van der Waals surface area contributed by atoms with Crippen LogP contribution in [0.1, 0.15) is 120 Å². The van der Waals surface area contributed by atoms with Crippen LogP contribution in [0.3, 0.4) is 0 Å². The molecule has 0 radical (unpaired) electrons. The first kappa shape index (κ1) is 77.0. The molecule has 1 atom stereocenters. The number of unbranched alkanes of at least 4 members (excludes halogenated alkanes) is 2. The van der Waals surface area contributed by atoms with E-state index in [9.17, 15) is 66.3 Å². The number of amides is 3. The van der Waals surface area contributed by atoms with E-state index in [0.29, 0.717) is 91.6 Å². The molecule has 0 spiro atoms. The summed E-state index contributed by atoms with van der Waals surface area (Å²) in [4.78, 5) is 42.0. The molecule has 0 saturated heterocycles. The quantitative estimate of drug-likeness (QED) is 0.00858. The summed E-state index contributed by atoms with van der Waals surface area (Å²) in [5, 5.41) is 14.6. The number of ether oxygens (including phenoxy) is 2. The monoisotopic (exact) mass is 1460 g/mol. The molecule has 522 valence electrons. The van der Waals surface area contributed by atoms with Gasteiger partial charge in [0.05, 0.1) is 69.5 Å². The minimum absolute atomic E-state index is 0.0135. The van der Waals surface area contributed by atoms with Crippen LogP contribution in [-0.2, 0) is 70.4 Å². The van der Waals surface area contributed by atoms with E-state index in [1.54, 1.807) is 90.7 Å². The maximum Gasteiger partial charge on any atom is 0.294 e. The zero-order chi connectivity index (χ0) is 70.6. The third-order valence-electron chi connectivity index (χ3n) is 17.1. The molecular weight excluding hydrogens is 1390 g/mol. The van der Waals surface area contributed by atoms with Crippen molar-refractivity contribution < 1.29 is 80.3 Å². The van der Waals surface area contributed by atoms with Crippen LogP contribution in [-0.4, -0.2) is 159 Å². The number of allylic oxidation sites excluding steroid dienone is 6. The van der Waals surface area contributed by atoms with Crippen LogP contribution >= 0.6 is 34.8 Å². The van der Waals surface area contributed by atoms with E-state index >= 15 is 0 Å². The van der Waals surface area contributed by atoms with Gasteiger partial charge in [0.2, 0.25) is 17.5 Å². The summed E-state index contributed by atoms with van der Waals surface area (Å²) in [6, 6.07) is 20.3. The molecule has 0 bridgehead atoms.